The second-order valence-corrected chi connectivity index (χ2v) is 6.54. The molecule has 25 heavy (non-hydrogen) atoms. The average Bonchev–Trinajstić information content (AvgIpc) is 2.98. The normalized spacial score (nSPS) is 11.0. The van der Waals surface area contributed by atoms with Gasteiger partial charge in [0.1, 0.15) is 5.75 Å². The van der Waals surface area contributed by atoms with Gasteiger partial charge in [0.25, 0.3) is 0 Å². The standard InChI is InChI=1S/C18H26N4OS.HI/c1-5-23-17-9-7-6-8-15(17)10-11-20-18(19-3)22(4)12-16-13-24-14(2)21-16;/h6-9,13H,5,10-12H2,1-4H3,(H,19,20);1H. The van der Waals surface area contributed by atoms with E-state index in [1.54, 1.807) is 18.4 Å². The van der Waals surface area contributed by atoms with E-state index >= 15 is 0 Å². The Kier molecular flexibility index (Phi) is 9.81. The lowest BCUT2D eigenvalue weighted by molar-refractivity contribution is 0.336. The zero-order valence-electron chi connectivity index (χ0n) is 15.3. The molecule has 0 aliphatic carbocycles. The molecular weight excluding hydrogens is 447 g/mol. The van der Waals surface area contributed by atoms with E-state index in [9.17, 15) is 0 Å². The molecule has 0 aliphatic rings. The van der Waals surface area contributed by atoms with Crippen LogP contribution in [0.4, 0.5) is 0 Å². The van der Waals surface area contributed by atoms with Gasteiger partial charge in [0.15, 0.2) is 5.96 Å². The first-order chi connectivity index (χ1) is 11.6. The van der Waals surface area contributed by atoms with Gasteiger partial charge in [0.05, 0.1) is 23.9 Å². The molecule has 0 unspecified atom stereocenters. The summed E-state index contributed by atoms with van der Waals surface area (Å²) in [6.07, 6.45) is 0.888. The zero-order chi connectivity index (χ0) is 17.4. The minimum absolute atomic E-state index is 0. The number of aryl methyl sites for hydroxylation is 1. The van der Waals surface area contributed by atoms with Gasteiger partial charge in [-0.05, 0) is 31.9 Å². The number of hydrogen-bond donors (Lipinski definition) is 1. The Hall–Kier alpha value is -1.35. The molecule has 0 saturated carbocycles. The van der Waals surface area contributed by atoms with Crippen molar-refractivity contribution in [1.29, 1.82) is 0 Å². The van der Waals surface area contributed by atoms with Crippen molar-refractivity contribution in [3.8, 4) is 5.75 Å². The zero-order valence-corrected chi connectivity index (χ0v) is 18.4. The van der Waals surface area contributed by atoms with Crippen LogP contribution in [-0.2, 0) is 13.0 Å². The number of rotatable bonds is 7. The van der Waals surface area contributed by atoms with Crippen molar-refractivity contribution in [3.63, 3.8) is 0 Å². The highest BCUT2D eigenvalue weighted by atomic mass is 127. The summed E-state index contributed by atoms with van der Waals surface area (Å²) in [6.45, 7) is 6.27. The summed E-state index contributed by atoms with van der Waals surface area (Å²) in [5.74, 6) is 1.83. The number of aromatic nitrogens is 1. The molecule has 0 saturated heterocycles. The van der Waals surface area contributed by atoms with Crippen molar-refractivity contribution in [2.45, 2.75) is 26.8 Å². The lowest BCUT2D eigenvalue weighted by Gasteiger charge is -2.21. The molecule has 7 heteroatoms. The maximum atomic E-state index is 5.67. The van der Waals surface area contributed by atoms with Crippen LogP contribution in [0.15, 0.2) is 34.6 Å². The number of halogens is 1. The third-order valence-electron chi connectivity index (χ3n) is 3.59. The number of ether oxygens (including phenoxy) is 1. The molecule has 2 aromatic rings. The van der Waals surface area contributed by atoms with Gasteiger partial charge >= 0.3 is 0 Å². The van der Waals surface area contributed by atoms with Gasteiger partial charge in [-0.3, -0.25) is 4.99 Å². The monoisotopic (exact) mass is 474 g/mol. The van der Waals surface area contributed by atoms with Crippen molar-refractivity contribution >= 4 is 41.3 Å². The Bertz CT molecular complexity index is 675. The molecular formula is C18H27IN4OS. The van der Waals surface area contributed by atoms with E-state index in [1.807, 2.05) is 39.1 Å². The largest absolute Gasteiger partial charge is 0.494 e. The number of benzene rings is 1. The van der Waals surface area contributed by atoms with Crippen molar-refractivity contribution in [1.82, 2.24) is 15.2 Å². The quantitative estimate of drug-likeness (QED) is 0.378. The van der Waals surface area contributed by atoms with E-state index in [0.717, 1.165) is 41.9 Å². The molecule has 1 aromatic heterocycles. The van der Waals surface area contributed by atoms with Crippen molar-refractivity contribution in [2.24, 2.45) is 4.99 Å². The molecule has 1 heterocycles. The molecule has 0 atom stereocenters. The van der Waals surface area contributed by atoms with Crippen LogP contribution in [0.2, 0.25) is 0 Å². The maximum absolute atomic E-state index is 5.67. The van der Waals surface area contributed by atoms with E-state index in [0.29, 0.717) is 6.61 Å². The number of para-hydroxylation sites is 1. The van der Waals surface area contributed by atoms with Crippen molar-refractivity contribution < 1.29 is 4.74 Å². The lowest BCUT2D eigenvalue weighted by atomic mass is 10.1. The summed E-state index contributed by atoms with van der Waals surface area (Å²) in [6, 6.07) is 8.18. The average molecular weight is 474 g/mol. The fraction of sp³-hybridized carbons (Fsp3) is 0.444. The van der Waals surface area contributed by atoms with Crippen LogP contribution in [-0.4, -0.2) is 43.1 Å². The summed E-state index contributed by atoms with van der Waals surface area (Å²) in [7, 11) is 3.83. The number of guanidine groups is 1. The van der Waals surface area contributed by atoms with Crippen LogP contribution in [0.5, 0.6) is 5.75 Å². The topological polar surface area (TPSA) is 49.8 Å². The Morgan fingerprint density at radius 2 is 2.12 bits per heavy atom. The predicted molar refractivity (Wildman–Crippen MR) is 116 cm³/mol. The highest BCUT2D eigenvalue weighted by Crippen LogP contribution is 2.18. The molecule has 138 valence electrons. The summed E-state index contributed by atoms with van der Waals surface area (Å²) in [4.78, 5) is 10.9. The van der Waals surface area contributed by atoms with Gasteiger partial charge in [-0.15, -0.1) is 35.3 Å². The van der Waals surface area contributed by atoms with Crippen LogP contribution in [0.25, 0.3) is 0 Å². The maximum Gasteiger partial charge on any atom is 0.193 e. The van der Waals surface area contributed by atoms with Crippen molar-refractivity contribution in [2.75, 3.05) is 27.2 Å². The van der Waals surface area contributed by atoms with Crippen LogP contribution in [0.3, 0.4) is 0 Å². The first-order valence-corrected chi connectivity index (χ1v) is 9.05. The number of thiazole rings is 1. The van der Waals surface area contributed by atoms with Gasteiger partial charge in [-0.2, -0.15) is 0 Å². The Balaban J connectivity index is 0.00000312. The Morgan fingerprint density at radius 1 is 1.36 bits per heavy atom. The first-order valence-electron chi connectivity index (χ1n) is 8.17. The van der Waals surface area contributed by atoms with E-state index in [4.69, 9.17) is 4.74 Å². The second-order valence-electron chi connectivity index (χ2n) is 5.48. The molecule has 0 radical (unpaired) electrons. The first kappa shape index (κ1) is 21.7. The van der Waals surface area contributed by atoms with Crippen LogP contribution >= 0.6 is 35.3 Å². The molecule has 1 N–H and O–H groups in total. The van der Waals surface area contributed by atoms with Crippen LogP contribution in [0, 0.1) is 6.92 Å². The number of aliphatic imine (C=N–C) groups is 1. The Labute approximate surface area is 171 Å². The minimum Gasteiger partial charge on any atom is -0.494 e. The van der Waals surface area contributed by atoms with Gasteiger partial charge in [0, 0.05) is 26.0 Å². The molecule has 2 rings (SSSR count). The summed E-state index contributed by atoms with van der Waals surface area (Å²) < 4.78 is 5.67. The second kappa shape index (κ2) is 11.3. The fourth-order valence-corrected chi connectivity index (χ4v) is 3.10. The van der Waals surface area contributed by atoms with Gasteiger partial charge in [-0.25, -0.2) is 4.98 Å². The summed E-state index contributed by atoms with van der Waals surface area (Å²) in [5, 5.41) is 6.60. The molecule has 0 bridgehead atoms. The molecule has 0 aliphatic heterocycles. The highest BCUT2D eigenvalue weighted by molar-refractivity contribution is 14.0. The molecule has 0 fully saturated rings. The Morgan fingerprint density at radius 3 is 2.76 bits per heavy atom. The third-order valence-corrected chi connectivity index (χ3v) is 4.41. The predicted octanol–water partition coefficient (Wildman–Crippen LogP) is 3.72. The van der Waals surface area contributed by atoms with E-state index in [1.165, 1.54) is 5.56 Å². The van der Waals surface area contributed by atoms with Crippen LogP contribution < -0.4 is 10.1 Å². The minimum atomic E-state index is 0. The molecule has 0 amide bonds. The number of nitrogens with zero attached hydrogens (tertiary/aromatic N) is 3. The van der Waals surface area contributed by atoms with E-state index < -0.39 is 0 Å². The van der Waals surface area contributed by atoms with E-state index in [2.05, 4.69) is 31.6 Å². The van der Waals surface area contributed by atoms with Gasteiger partial charge < -0.3 is 15.0 Å². The lowest BCUT2D eigenvalue weighted by Crippen LogP contribution is -2.39. The van der Waals surface area contributed by atoms with Gasteiger partial charge in [-0.1, -0.05) is 18.2 Å². The molecule has 0 spiro atoms. The van der Waals surface area contributed by atoms with E-state index in [-0.39, 0.29) is 24.0 Å². The summed E-state index contributed by atoms with van der Waals surface area (Å²) >= 11 is 1.68. The fourth-order valence-electron chi connectivity index (χ4n) is 2.50. The van der Waals surface area contributed by atoms with Crippen molar-refractivity contribution in [3.05, 3.63) is 45.9 Å². The SMILES string of the molecule is CCOc1ccccc1CCNC(=NC)N(C)Cc1csc(C)n1.I. The number of hydrogen-bond acceptors (Lipinski definition) is 4. The van der Waals surface area contributed by atoms with Crippen LogP contribution in [0.1, 0.15) is 23.2 Å². The molecule has 1 aromatic carbocycles. The summed E-state index contributed by atoms with van der Waals surface area (Å²) in [5.41, 5.74) is 2.28. The number of nitrogens with one attached hydrogen (secondary N) is 1. The third kappa shape index (κ3) is 6.81. The molecule has 5 nitrogen and oxygen atoms in total. The van der Waals surface area contributed by atoms with Gasteiger partial charge in [0.2, 0.25) is 0 Å². The highest BCUT2D eigenvalue weighted by Gasteiger charge is 2.09. The smallest absolute Gasteiger partial charge is 0.193 e.